The van der Waals surface area contributed by atoms with E-state index in [2.05, 4.69) is 19.6 Å². The van der Waals surface area contributed by atoms with Crippen LogP contribution in [0.4, 0.5) is 18.3 Å². The van der Waals surface area contributed by atoms with Crippen molar-refractivity contribution in [1.29, 1.82) is 0 Å². The summed E-state index contributed by atoms with van der Waals surface area (Å²) in [6, 6.07) is 9.57. The standard InChI is InChI=1S/C28H30F3N5O3S.C2H6/c1-17-15-20(3-5-22(17)25-33-27(38)39-34-25)10-14-36(13-9-19-7-11-35(12-8-19)18(2)37)26-32-23-6-4-21(28(29,30)31)16-24(23)40-26;1-2/h3-6,15-16,19H,7-14H2,1-2H3,(H,33,34,38);1-2H3. The first-order valence-electron chi connectivity index (χ1n) is 14.2. The molecule has 1 saturated heterocycles. The predicted octanol–water partition coefficient (Wildman–Crippen LogP) is 6.69. The minimum Gasteiger partial charge on any atom is -0.348 e. The number of amides is 1. The van der Waals surface area contributed by atoms with Crippen molar-refractivity contribution in [2.24, 2.45) is 5.92 Å². The Morgan fingerprint density at radius 2 is 1.88 bits per heavy atom. The molecule has 4 aromatic rings. The van der Waals surface area contributed by atoms with Crippen molar-refractivity contribution in [3.05, 3.63) is 63.6 Å². The molecule has 2 aromatic heterocycles. The molecule has 2 aromatic carbocycles. The van der Waals surface area contributed by atoms with Gasteiger partial charge in [0.2, 0.25) is 5.91 Å². The van der Waals surface area contributed by atoms with E-state index in [4.69, 9.17) is 4.98 Å². The van der Waals surface area contributed by atoms with Crippen molar-refractivity contribution in [2.45, 2.75) is 59.6 Å². The van der Waals surface area contributed by atoms with Crippen molar-refractivity contribution in [2.75, 3.05) is 31.1 Å². The third-order valence-corrected chi connectivity index (χ3v) is 8.58. The Morgan fingerprint density at radius 1 is 1.14 bits per heavy atom. The third kappa shape index (κ3) is 7.58. The Kier molecular flexibility index (Phi) is 10.1. The third-order valence-electron chi connectivity index (χ3n) is 7.50. The van der Waals surface area contributed by atoms with Crippen LogP contribution < -0.4 is 10.7 Å². The number of nitrogens with one attached hydrogen (secondary N) is 1. The molecule has 5 rings (SSSR count). The van der Waals surface area contributed by atoms with Gasteiger partial charge >= 0.3 is 11.9 Å². The minimum absolute atomic E-state index is 0.101. The molecule has 42 heavy (non-hydrogen) atoms. The van der Waals surface area contributed by atoms with Gasteiger partial charge in [0.1, 0.15) is 0 Å². The number of rotatable bonds is 8. The van der Waals surface area contributed by atoms with Crippen molar-refractivity contribution in [3.8, 4) is 11.4 Å². The maximum Gasteiger partial charge on any atom is 0.439 e. The lowest BCUT2D eigenvalue weighted by Gasteiger charge is -2.32. The van der Waals surface area contributed by atoms with Crippen LogP contribution in [0.2, 0.25) is 0 Å². The summed E-state index contributed by atoms with van der Waals surface area (Å²) in [5, 5.41) is 4.46. The van der Waals surface area contributed by atoms with Crippen LogP contribution >= 0.6 is 11.3 Å². The van der Waals surface area contributed by atoms with E-state index in [9.17, 15) is 22.8 Å². The van der Waals surface area contributed by atoms with Gasteiger partial charge in [0.25, 0.3) is 0 Å². The number of aryl methyl sites for hydroxylation is 1. The van der Waals surface area contributed by atoms with Crippen LogP contribution in [0.15, 0.2) is 45.7 Å². The van der Waals surface area contributed by atoms with E-state index in [0.717, 1.165) is 55.1 Å². The number of hydrogen-bond acceptors (Lipinski definition) is 7. The van der Waals surface area contributed by atoms with Crippen LogP contribution in [0.5, 0.6) is 0 Å². The average Bonchev–Trinajstić information content (AvgIpc) is 3.59. The molecule has 1 aliphatic rings. The largest absolute Gasteiger partial charge is 0.439 e. The van der Waals surface area contributed by atoms with Gasteiger partial charge < -0.3 is 9.80 Å². The first-order chi connectivity index (χ1) is 20.1. The molecule has 0 spiro atoms. The molecule has 0 radical (unpaired) electrons. The van der Waals surface area contributed by atoms with E-state index in [1.54, 1.807) is 6.92 Å². The number of aromatic amines is 1. The highest BCUT2D eigenvalue weighted by Gasteiger charge is 2.31. The molecule has 226 valence electrons. The molecule has 1 aliphatic heterocycles. The normalized spacial score (nSPS) is 14.1. The molecular formula is C30H36F3N5O3S. The summed E-state index contributed by atoms with van der Waals surface area (Å²) in [4.78, 5) is 34.3. The van der Waals surface area contributed by atoms with Crippen LogP contribution in [0, 0.1) is 12.8 Å². The Bertz CT molecular complexity index is 1550. The molecule has 0 aliphatic carbocycles. The van der Waals surface area contributed by atoms with Crippen LogP contribution in [0.3, 0.4) is 0 Å². The fraction of sp³-hybridized carbons (Fsp3) is 0.467. The number of thiazole rings is 1. The first kappa shape index (κ1) is 31.3. The van der Waals surface area contributed by atoms with Gasteiger partial charge in [-0.15, -0.1) is 0 Å². The van der Waals surface area contributed by atoms with Crippen LogP contribution in [-0.2, 0) is 17.4 Å². The topological polar surface area (TPSA) is 95.3 Å². The maximum atomic E-state index is 13.3. The fourth-order valence-electron chi connectivity index (χ4n) is 5.16. The monoisotopic (exact) mass is 603 g/mol. The summed E-state index contributed by atoms with van der Waals surface area (Å²) in [6.07, 6.45) is -0.925. The molecule has 8 nitrogen and oxygen atoms in total. The SMILES string of the molecule is CC.CC(=O)N1CCC(CCN(CCc2ccc(-c3noc(=O)[nH]3)c(C)c2)c2nc3ccc(C(F)(F)F)cc3s2)CC1. The summed E-state index contributed by atoms with van der Waals surface area (Å²) in [5.74, 6) is 0.331. The van der Waals surface area contributed by atoms with Crippen molar-refractivity contribution in [1.82, 2.24) is 20.0 Å². The second-order valence-corrected chi connectivity index (χ2v) is 11.3. The van der Waals surface area contributed by atoms with E-state index in [0.29, 0.717) is 46.6 Å². The molecular weight excluding hydrogens is 567 g/mol. The van der Waals surface area contributed by atoms with Crippen molar-refractivity contribution < 1.29 is 22.5 Å². The predicted molar refractivity (Wildman–Crippen MR) is 159 cm³/mol. The molecule has 12 heteroatoms. The van der Waals surface area contributed by atoms with Gasteiger partial charge in [-0.3, -0.25) is 14.3 Å². The number of nitrogens with zero attached hydrogens (tertiary/aromatic N) is 4. The molecule has 0 saturated carbocycles. The Morgan fingerprint density at radius 3 is 2.50 bits per heavy atom. The number of H-pyrrole nitrogens is 1. The van der Waals surface area contributed by atoms with Gasteiger partial charge in [-0.2, -0.15) is 13.2 Å². The zero-order chi connectivity index (χ0) is 30.4. The van der Waals surface area contributed by atoms with Crippen LogP contribution in [0.25, 0.3) is 21.6 Å². The number of benzene rings is 2. The lowest BCUT2D eigenvalue weighted by Crippen LogP contribution is -2.38. The van der Waals surface area contributed by atoms with Gasteiger partial charge in [0, 0.05) is 38.7 Å². The first-order valence-corrected chi connectivity index (χ1v) is 15.0. The molecule has 0 bridgehead atoms. The summed E-state index contributed by atoms with van der Waals surface area (Å²) in [6.45, 7) is 10.4. The number of anilines is 1. The number of halogens is 3. The van der Waals surface area contributed by atoms with Gasteiger partial charge in [0.15, 0.2) is 11.0 Å². The Hall–Kier alpha value is -3.67. The van der Waals surface area contributed by atoms with Crippen molar-refractivity contribution in [3.63, 3.8) is 0 Å². The zero-order valence-electron chi connectivity index (χ0n) is 24.3. The summed E-state index contributed by atoms with van der Waals surface area (Å²) in [7, 11) is 0. The highest BCUT2D eigenvalue weighted by molar-refractivity contribution is 7.22. The molecule has 0 unspecified atom stereocenters. The van der Waals surface area contributed by atoms with Crippen LogP contribution in [0.1, 0.15) is 56.7 Å². The van der Waals surface area contributed by atoms with Gasteiger partial charge in [-0.1, -0.05) is 48.5 Å². The number of carbonyl (C=O) groups is 1. The highest BCUT2D eigenvalue weighted by Crippen LogP contribution is 2.36. The number of piperidine rings is 1. The second kappa shape index (κ2) is 13.5. The minimum atomic E-state index is -4.41. The number of carbonyl (C=O) groups excluding carboxylic acids is 1. The summed E-state index contributed by atoms with van der Waals surface area (Å²) in [5.41, 5.74) is 2.66. The number of alkyl halides is 3. The quantitative estimate of drug-likeness (QED) is 0.241. The maximum absolute atomic E-state index is 13.3. The lowest BCUT2D eigenvalue weighted by molar-refractivity contribution is -0.137. The number of aromatic nitrogens is 3. The van der Waals surface area contributed by atoms with E-state index >= 15 is 0 Å². The number of likely N-dealkylation sites (tertiary alicyclic amines) is 1. The van der Waals surface area contributed by atoms with E-state index in [1.165, 1.54) is 23.5 Å². The van der Waals surface area contributed by atoms with E-state index in [-0.39, 0.29) is 5.91 Å². The summed E-state index contributed by atoms with van der Waals surface area (Å²) < 4.78 is 45.0. The highest BCUT2D eigenvalue weighted by atomic mass is 32.1. The second-order valence-electron chi connectivity index (χ2n) is 10.2. The van der Waals surface area contributed by atoms with Gasteiger partial charge in [0.05, 0.1) is 15.8 Å². The van der Waals surface area contributed by atoms with E-state index in [1.807, 2.05) is 43.9 Å². The Labute approximate surface area is 246 Å². The molecule has 1 amide bonds. The van der Waals surface area contributed by atoms with Crippen molar-refractivity contribution >= 4 is 32.6 Å². The van der Waals surface area contributed by atoms with Gasteiger partial charge in [-0.05, 0) is 67.9 Å². The van der Waals surface area contributed by atoms with Gasteiger partial charge in [-0.25, -0.2) is 9.78 Å². The molecule has 3 heterocycles. The average molecular weight is 604 g/mol. The number of hydrogen-bond donors (Lipinski definition) is 1. The Balaban J connectivity index is 0.00000198. The number of fused-ring (bicyclic) bond motifs is 1. The molecule has 1 fully saturated rings. The molecule has 0 atom stereocenters. The lowest BCUT2D eigenvalue weighted by atomic mass is 9.93. The van der Waals surface area contributed by atoms with Crippen LogP contribution in [-0.4, -0.2) is 52.1 Å². The fourth-order valence-corrected chi connectivity index (χ4v) is 6.22. The van der Waals surface area contributed by atoms with E-state index < -0.39 is 17.5 Å². The molecule has 1 N–H and O–H groups in total. The smallest absolute Gasteiger partial charge is 0.348 e. The zero-order valence-corrected chi connectivity index (χ0v) is 25.1. The summed E-state index contributed by atoms with van der Waals surface area (Å²) >= 11 is 1.28.